The Morgan fingerprint density at radius 1 is 0.609 bits per heavy atom. The highest BCUT2D eigenvalue weighted by Gasteiger charge is 2.38. The first-order valence-electron chi connectivity index (χ1n) is 21.7. The second kappa shape index (κ2) is 25.2. The molecule has 7 rings (SSSR count). The summed E-state index contributed by atoms with van der Waals surface area (Å²) in [6.07, 6.45) is 7.80. The number of nitrogens with zero attached hydrogens (tertiary/aromatic N) is 1. The molecule has 3 N–H and O–H groups in total. The van der Waals surface area contributed by atoms with Gasteiger partial charge in [0.15, 0.2) is 19.3 Å². The van der Waals surface area contributed by atoms with E-state index in [0.717, 1.165) is 57.8 Å². The topological polar surface area (TPSA) is 145 Å². The van der Waals surface area contributed by atoms with Crippen LogP contribution >= 0.6 is 46.4 Å². The fraction of sp³-hybridized carbons (Fsp3) is 0.438. The van der Waals surface area contributed by atoms with E-state index in [2.05, 4.69) is 10.6 Å². The van der Waals surface area contributed by atoms with Gasteiger partial charge < -0.3 is 44.3 Å². The molecule has 2 aliphatic carbocycles. The molecule has 4 aromatic rings. The number of hydrogen-bond acceptors (Lipinski definition) is 9. The lowest BCUT2D eigenvalue weighted by Gasteiger charge is -2.33. The van der Waals surface area contributed by atoms with Crippen molar-refractivity contribution in [2.45, 2.75) is 94.5 Å². The minimum Gasteiger partial charge on any atom is -0.491 e. The molecule has 4 aromatic carbocycles. The van der Waals surface area contributed by atoms with Crippen LogP contribution in [0, 0.1) is 5.92 Å². The van der Waals surface area contributed by atoms with Crippen molar-refractivity contribution in [1.29, 1.82) is 0 Å². The fourth-order valence-corrected chi connectivity index (χ4v) is 8.41. The van der Waals surface area contributed by atoms with Gasteiger partial charge in [-0.2, -0.15) is 0 Å². The molecular formula is C48H55Cl4N3O9. The van der Waals surface area contributed by atoms with Crippen molar-refractivity contribution >= 4 is 64.3 Å². The Morgan fingerprint density at radius 2 is 1.02 bits per heavy atom. The smallest absolute Gasteiger partial charge is 0.410 e. The summed E-state index contributed by atoms with van der Waals surface area (Å²) >= 11 is 23.4. The van der Waals surface area contributed by atoms with E-state index in [4.69, 9.17) is 70.1 Å². The van der Waals surface area contributed by atoms with Gasteiger partial charge in [-0.3, -0.25) is 9.59 Å². The molecule has 344 valence electrons. The van der Waals surface area contributed by atoms with Gasteiger partial charge in [0.2, 0.25) is 0 Å². The van der Waals surface area contributed by atoms with E-state index in [1.807, 2.05) is 0 Å². The average Bonchev–Trinajstić information content (AvgIpc) is 3.68. The molecule has 1 aliphatic heterocycles. The molecule has 2 unspecified atom stereocenters. The number of ether oxygens (including phenoxy) is 5. The van der Waals surface area contributed by atoms with E-state index in [0.29, 0.717) is 68.6 Å². The Kier molecular flexibility index (Phi) is 19.2. The van der Waals surface area contributed by atoms with Crippen LogP contribution in [0.5, 0.6) is 23.0 Å². The van der Waals surface area contributed by atoms with E-state index >= 15 is 0 Å². The minimum atomic E-state index is -0.488. The highest BCUT2D eigenvalue weighted by molar-refractivity contribution is 6.31. The summed E-state index contributed by atoms with van der Waals surface area (Å²) in [6, 6.07) is 28.4. The maximum absolute atomic E-state index is 12.4. The summed E-state index contributed by atoms with van der Waals surface area (Å²) in [5, 5.41) is 18.8. The maximum Gasteiger partial charge on any atom is 0.410 e. The van der Waals surface area contributed by atoms with Crippen molar-refractivity contribution in [1.82, 2.24) is 15.5 Å². The Bertz CT molecular complexity index is 2050. The summed E-state index contributed by atoms with van der Waals surface area (Å²) in [5.74, 6) is 2.93. The zero-order valence-corrected chi connectivity index (χ0v) is 38.5. The number of halogens is 4. The number of nitrogens with one attached hydrogen (secondary N) is 2. The molecule has 64 heavy (non-hydrogen) atoms. The van der Waals surface area contributed by atoms with Crippen LogP contribution in [-0.2, 0) is 14.3 Å². The first-order valence-corrected chi connectivity index (χ1v) is 23.2. The number of hydrogen-bond donors (Lipinski definition) is 3. The maximum atomic E-state index is 12.4. The van der Waals surface area contributed by atoms with Crippen LogP contribution < -0.4 is 29.6 Å². The van der Waals surface area contributed by atoms with Gasteiger partial charge in [0.1, 0.15) is 36.2 Å². The van der Waals surface area contributed by atoms with Gasteiger partial charge in [0, 0.05) is 38.2 Å². The van der Waals surface area contributed by atoms with Gasteiger partial charge in [0.05, 0.1) is 12.6 Å². The molecule has 2 atom stereocenters. The van der Waals surface area contributed by atoms with Crippen LogP contribution in [0.15, 0.2) is 97.1 Å². The van der Waals surface area contributed by atoms with E-state index in [1.54, 1.807) is 102 Å². The van der Waals surface area contributed by atoms with E-state index in [9.17, 15) is 19.5 Å². The Hall–Kier alpha value is -4.59. The van der Waals surface area contributed by atoms with E-state index in [1.165, 1.54) is 0 Å². The van der Waals surface area contributed by atoms with E-state index in [-0.39, 0.29) is 62.0 Å². The summed E-state index contributed by atoms with van der Waals surface area (Å²) in [5.41, 5.74) is 0. The Morgan fingerprint density at radius 3 is 1.47 bits per heavy atom. The zero-order valence-electron chi connectivity index (χ0n) is 35.5. The molecule has 2 saturated carbocycles. The van der Waals surface area contributed by atoms with Crippen LogP contribution in [0.4, 0.5) is 4.79 Å². The van der Waals surface area contributed by atoms with Crippen LogP contribution in [0.2, 0.25) is 20.1 Å². The lowest BCUT2D eigenvalue weighted by Crippen LogP contribution is -2.45. The molecule has 3 amide bonds. The fourth-order valence-electron chi connectivity index (χ4n) is 7.91. The molecule has 12 nitrogen and oxygen atoms in total. The number of amides is 3. The number of aliphatic hydroxyl groups excluding tert-OH is 1. The third-order valence-corrected chi connectivity index (χ3v) is 12.4. The molecule has 3 aliphatic rings. The lowest BCUT2D eigenvalue weighted by molar-refractivity contribution is -0.124. The van der Waals surface area contributed by atoms with Crippen molar-refractivity contribution in [3.8, 4) is 23.0 Å². The van der Waals surface area contributed by atoms with Crippen LogP contribution in [0.3, 0.4) is 0 Å². The van der Waals surface area contributed by atoms with Gasteiger partial charge in [-0.15, -0.1) is 0 Å². The van der Waals surface area contributed by atoms with Gasteiger partial charge in [-0.05, 0) is 167 Å². The highest BCUT2D eigenvalue weighted by atomic mass is 35.5. The highest BCUT2D eigenvalue weighted by Crippen LogP contribution is 2.30. The molecule has 0 aromatic heterocycles. The van der Waals surface area contributed by atoms with Crippen molar-refractivity contribution in [2.24, 2.45) is 5.92 Å². The van der Waals surface area contributed by atoms with Gasteiger partial charge in [-0.25, -0.2) is 4.79 Å². The molecule has 1 saturated heterocycles. The van der Waals surface area contributed by atoms with Crippen molar-refractivity contribution in [3.05, 3.63) is 117 Å². The Balaban J connectivity index is 0.000000213. The number of carbonyl (C=O) groups is 3. The van der Waals surface area contributed by atoms with E-state index < -0.39 is 6.10 Å². The molecule has 16 heteroatoms. The number of benzene rings is 4. The van der Waals surface area contributed by atoms with Crippen LogP contribution in [0.1, 0.15) is 64.2 Å². The van der Waals surface area contributed by atoms with Gasteiger partial charge in [-0.1, -0.05) is 46.4 Å². The van der Waals surface area contributed by atoms with Crippen molar-refractivity contribution < 1.29 is 43.2 Å². The Labute approximate surface area is 394 Å². The van der Waals surface area contributed by atoms with Crippen LogP contribution in [-0.4, -0.2) is 91.2 Å². The summed E-state index contributed by atoms with van der Waals surface area (Å²) in [6.45, 7) is 1.03. The minimum absolute atomic E-state index is 0.00136. The predicted octanol–water partition coefficient (Wildman–Crippen LogP) is 9.97. The molecule has 3 fully saturated rings. The second-order valence-electron chi connectivity index (χ2n) is 16.3. The molecule has 0 spiro atoms. The van der Waals surface area contributed by atoms with Crippen molar-refractivity contribution in [3.63, 3.8) is 0 Å². The zero-order chi connectivity index (χ0) is 45.3. The largest absolute Gasteiger partial charge is 0.491 e. The summed E-state index contributed by atoms with van der Waals surface area (Å²) in [7, 11) is 0. The molecule has 0 radical (unpaired) electrons. The second-order valence-corrected chi connectivity index (χ2v) is 18.0. The lowest BCUT2D eigenvalue weighted by atomic mass is 9.83. The predicted molar refractivity (Wildman–Crippen MR) is 248 cm³/mol. The summed E-state index contributed by atoms with van der Waals surface area (Å²) < 4.78 is 27.8. The third kappa shape index (κ3) is 16.8. The number of cyclic esters (lactones) is 1. The monoisotopic (exact) mass is 957 g/mol. The van der Waals surface area contributed by atoms with Gasteiger partial charge >= 0.3 is 6.09 Å². The van der Waals surface area contributed by atoms with Gasteiger partial charge in [0.25, 0.3) is 11.8 Å². The number of aliphatic hydroxyl groups is 1. The quantitative estimate of drug-likeness (QED) is 0.0888. The first-order chi connectivity index (χ1) is 30.9. The molecule has 1 heterocycles. The third-order valence-electron chi connectivity index (χ3n) is 11.4. The molecular weight excluding hydrogens is 904 g/mol. The number of carbonyl (C=O) groups excluding carboxylic acids is 3. The number of rotatable bonds is 18. The molecule has 0 bridgehead atoms. The normalized spacial score (nSPS) is 21.0. The SMILES string of the molecule is O=C(COc1ccc(Cl)cc1)NC1CCC(CCC(O)COc2ccc(Cl)cc2)CC1.O=C(COc1ccc(Cl)cc1)NC1CCC(N2CC(COc3ccc(Cl)cc3)OC2=O)CC1. The summed E-state index contributed by atoms with van der Waals surface area (Å²) in [4.78, 5) is 38.5. The van der Waals surface area contributed by atoms with Crippen molar-refractivity contribution in [2.75, 3.05) is 33.0 Å². The first kappa shape index (κ1) is 48.9. The average molecular weight is 960 g/mol. The van der Waals surface area contributed by atoms with Crippen LogP contribution in [0.25, 0.3) is 0 Å². The standard InChI is InChI=1S/C24H26Cl2N2O5.C24H29Cl2NO4/c25-16-1-9-20(10-2-16)31-14-22-13-28(24(30)33-22)19-7-5-18(6-8-19)27-23(29)15-32-21-11-3-17(26)4-12-21;25-18-4-11-22(12-5-18)30-15-21(28)10-3-17-1-8-20(9-2-17)27-24(29)16-31-23-13-6-19(26)7-14-23/h1-4,9-12,18-19,22H,5-8,13-15H2,(H,27,29);4-7,11-14,17,20-21,28H,1-3,8-10,15-16H2,(H,27,29).